The van der Waals surface area contributed by atoms with Gasteiger partial charge < -0.3 is 10.0 Å². The summed E-state index contributed by atoms with van der Waals surface area (Å²) in [5.74, 6) is 0.355. The number of likely N-dealkylation sites (tertiary alicyclic amines) is 1. The van der Waals surface area contributed by atoms with Gasteiger partial charge in [-0.25, -0.2) is 4.98 Å². The van der Waals surface area contributed by atoms with E-state index in [1.807, 2.05) is 18.4 Å². The highest BCUT2D eigenvalue weighted by molar-refractivity contribution is 7.17. The summed E-state index contributed by atoms with van der Waals surface area (Å²) in [5, 5.41) is 11.6. The average Bonchev–Trinajstić information content (AvgIpc) is 2.96. The van der Waals surface area contributed by atoms with Crippen LogP contribution in [0.3, 0.4) is 0 Å². The highest BCUT2D eigenvalue weighted by Gasteiger charge is 2.23. The lowest BCUT2D eigenvalue weighted by molar-refractivity contribution is 0.0614. The van der Waals surface area contributed by atoms with Crippen molar-refractivity contribution in [3.8, 4) is 0 Å². The summed E-state index contributed by atoms with van der Waals surface area (Å²) >= 11 is 1.45. The molecule has 0 saturated carbocycles. The van der Waals surface area contributed by atoms with Crippen LogP contribution in [0.1, 0.15) is 19.8 Å². The molecule has 1 fully saturated rings. The molecule has 1 aliphatic heterocycles. The Labute approximate surface area is 127 Å². The van der Waals surface area contributed by atoms with Crippen LogP contribution < -0.4 is 5.56 Å². The van der Waals surface area contributed by atoms with Gasteiger partial charge in [-0.3, -0.25) is 9.36 Å². The maximum Gasteiger partial charge on any atom is 0.271 e. The second-order valence-electron chi connectivity index (χ2n) is 5.82. The minimum atomic E-state index is -0.250. The van der Waals surface area contributed by atoms with Crippen LogP contribution in [0.2, 0.25) is 0 Å². The molecule has 0 bridgehead atoms. The van der Waals surface area contributed by atoms with Gasteiger partial charge in [-0.2, -0.15) is 0 Å². The Bertz CT molecular complexity index is 664. The molecule has 0 radical (unpaired) electrons. The molecule has 0 aromatic carbocycles. The summed E-state index contributed by atoms with van der Waals surface area (Å²) in [4.78, 5) is 19.0. The number of nitrogens with zero attached hydrogens (tertiary/aromatic N) is 3. The molecule has 3 heterocycles. The fourth-order valence-electron chi connectivity index (χ4n) is 2.98. The van der Waals surface area contributed by atoms with E-state index in [4.69, 9.17) is 0 Å². The molecule has 2 aromatic rings. The van der Waals surface area contributed by atoms with Crippen LogP contribution in [0.5, 0.6) is 0 Å². The third-order valence-corrected chi connectivity index (χ3v) is 5.21. The van der Waals surface area contributed by atoms with Crippen LogP contribution in [0, 0.1) is 5.92 Å². The van der Waals surface area contributed by atoms with E-state index < -0.39 is 0 Å². The lowest BCUT2D eigenvalue weighted by Crippen LogP contribution is -2.41. The number of piperidine rings is 1. The Morgan fingerprint density at radius 1 is 1.52 bits per heavy atom. The summed E-state index contributed by atoms with van der Waals surface area (Å²) in [5.41, 5.74) is 0.840. The third kappa shape index (κ3) is 3.17. The first kappa shape index (κ1) is 14.7. The van der Waals surface area contributed by atoms with Crippen molar-refractivity contribution in [2.45, 2.75) is 32.4 Å². The molecule has 21 heavy (non-hydrogen) atoms. The summed E-state index contributed by atoms with van der Waals surface area (Å²) in [6.45, 7) is 5.33. The van der Waals surface area contributed by atoms with Crippen molar-refractivity contribution in [2.24, 2.45) is 5.92 Å². The van der Waals surface area contributed by atoms with Crippen LogP contribution >= 0.6 is 11.3 Å². The number of hydrogen-bond acceptors (Lipinski definition) is 5. The fourth-order valence-corrected chi connectivity index (χ4v) is 3.77. The van der Waals surface area contributed by atoms with Crippen molar-refractivity contribution in [3.63, 3.8) is 0 Å². The molecule has 1 N–H and O–H groups in total. The van der Waals surface area contributed by atoms with Gasteiger partial charge in [0.25, 0.3) is 5.56 Å². The van der Waals surface area contributed by atoms with Gasteiger partial charge in [0.2, 0.25) is 0 Å². The minimum Gasteiger partial charge on any atom is -0.393 e. The maximum atomic E-state index is 12.3. The number of hydrogen-bond donors (Lipinski definition) is 1. The highest BCUT2D eigenvalue weighted by atomic mass is 32.1. The number of aliphatic hydroxyl groups is 1. The highest BCUT2D eigenvalue weighted by Crippen LogP contribution is 2.19. The molecule has 1 aliphatic rings. The van der Waals surface area contributed by atoms with Crippen molar-refractivity contribution >= 4 is 21.6 Å². The lowest BCUT2D eigenvalue weighted by atomic mass is 9.93. The van der Waals surface area contributed by atoms with Crippen molar-refractivity contribution in [1.29, 1.82) is 0 Å². The van der Waals surface area contributed by atoms with E-state index in [-0.39, 0.29) is 11.7 Å². The van der Waals surface area contributed by atoms with Crippen LogP contribution in [-0.2, 0) is 6.54 Å². The second kappa shape index (κ2) is 6.25. The van der Waals surface area contributed by atoms with E-state index >= 15 is 0 Å². The molecule has 6 heteroatoms. The number of rotatable bonds is 4. The molecule has 0 spiro atoms. The summed E-state index contributed by atoms with van der Waals surface area (Å²) in [7, 11) is 0. The SMILES string of the molecule is CC(O)C1CCCN(CCn2cnc3ccsc3c2=O)C1. The maximum absolute atomic E-state index is 12.3. The van der Waals surface area contributed by atoms with Gasteiger partial charge in [-0.15, -0.1) is 11.3 Å². The van der Waals surface area contributed by atoms with E-state index in [0.717, 1.165) is 42.7 Å². The van der Waals surface area contributed by atoms with Crippen molar-refractivity contribution in [1.82, 2.24) is 14.5 Å². The van der Waals surface area contributed by atoms with Crippen molar-refractivity contribution in [2.75, 3.05) is 19.6 Å². The van der Waals surface area contributed by atoms with Gasteiger partial charge in [0.05, 0.1) is 17.9 Å². The monoisotopic (exact) mass is 307 g/mol. The van der Waals surface area contributed by atoms with Gasteiger partial charge in [0.15, 0.2) is 0 Å². The lowest BCUT2D eigenvalue weighted by Gasteiger charge is -2.34. The van der Waals surface area contributed by atoms with E-state index in [0.29, 0.717) is 12.5 Å². The summed E-state index contributed by atoms with van der Waals surface area (Å²) < 4.78 is 2.43. The zero-order valence-electron chi connectivity index (χ0n) is 12.2. The molecule has 1 saturated heterocycles. The first-order valence-electron chi connectivity index (χ1n) is 7.48. The van der Waals surface area contributed by atoms with Crippen LogP contribution in [0.15, 0.2) is 22.6 Å². The van der Waals surface area contributed by atoms with Gasteiger partial charge in [-0.1, -0.05) is 0 Å². The third-order valence-electron chi connectivity index (χ3n) is 4.32. The van der Waals surface area contributed by atoms with Gasteiger partial charge in [0, 0.05) is 19.6 Å². The molecular formula is C15H21N3O2S. The average molecular weight is 307 g/mol. The Balaban J connectivity index is 1.66. The second-order valence-corrected chi connectivity index (χ2v) is 6.74. The van der Waals surface area contributed by atoms with Gasteiger partial charge in [-0.05, 0) is 43.7 Å². The molecule has 2 aromatic heterocycles. The summed E-state index contributed by atoms with van der Waals surface area (Å²) in [6.07, 6.45) is 3.61. The zero-order chi connectivity index (χ0) is 14.8. The fraction of sp³-hybridized carbons (Fsp3) is 0.600. The number of fused-ring (bicyclic) bond motifs is 1. The molecule has 2 atom stereocenters. The molecule has 5 nitrogen and oxygen atoms in total. The van der Waals surface area contributed by atoms with E-state index in [9.17, 15) is 9.90 Å². The van der Waals surface area contributed by atoms with Crippen LogP contribution in [0.4, 0.5) is 0 Å². The number of aliphatic hydroxyl groups excluding tert-OH is 1. The quantitative estimate of drug-likeness (QED) is 0.931. The molecule has 0 amide bonds. The Morgan fingerprint density at radius 2 is 2.38 bits per heavy atom. The first-order chi connectivity index (χ1) is 10.1. The van der Waals surface area contributed by atoms with Gasteiger partial charge in [0.1, 0.15) is 4.70 Å². The molecule has 0 aliphatic carbocycles. The zero-order valence-corrected chi connectivity index (χ0v) is 13.1. The van der Waals surface area contributed by atoms with Crippen molar-refractivity contribution in [3.05, 3.63) is 28.1 Å². The smallest absolute Gasteiger partial charge is 0.271 e. The topological polar surface area (TPSA) is 58.4 Å². The predicted octanol–water partition coefficient (Wildman–Crippen LogP) is 1.55. The van der Waals surface area contributed by atoms with E-state index in [2.05, 4.69) is 9.88 Å². The molecule has 3 rings (SSSR count). The largest absolute Gasteiger partial charge is 0.393 e. The number of aromatic nitrogens is 2. The van der Waals surface area contributed by atoms with Crippen molar-refractivity contribution < 1.29 is 5.11 Å². The van der Waals surface area contributed by atoms with Gasteiger partial charge >= 0.3 is 0 Å². The Kier molecular flexibility index (Phi) is 4.37. The molecular weight excluding hydrogens is 286 g/mol. The van der Waals surface area contributed by atoms with E-state index in [1.165, 1.54) is 11.3 Å². The summed E-state index contributed by atoms with van der Waals surface area (Å²) in [6, 6.07) is 1.88. The van der Waals surface area contributed by atoms with E-state index in [1.54, 1.807) is 10.9 Å². The normalized spacial score (nSPS) is 21.7. The molecule has 114 valence electrons. The standard InChI is InChI=1S/C15H21N3O2S/c1-11(19)12-3-2-5-17(9-12)6-7-18-10-16-13-4-8-21-14(13)15(18)20/h4,8,10-12,19H,2-3,5-7,9H2,1H3. The minimum absolute atomic E-state index is 0.0547. The van der Waals surface area contributed by atoms with Crippen LogP contribution in [0.25, 0.3) is 10.2 Å². The molecule has 2 unspecified atom stereocenters. The first-order valence-corrected chi connectivity index (χ1v) is 8.36. The predicted molar refractivity (Wildman–Crippen MR) is 84.7 cm³/mol. The number of thiophene rings is 1. The van der Waals surface area contributed by atoms with Crippen LogP contribution in [-0.4, -0.2) is 45.3 Å². The Morgan fingerprint density at radius 3 is 3.19 bits per heavy atom. The Hall–Kier alpha value is -1.24.